The number of aryl methyl sites for hydroxylation is 1. The average Bonchev–Trinajstić information content (AvgIpc) is 2.16. The fraction of sp³-hybridized carbons (Fsp3) is 0.556. The Hall–Kier alpha value is -1.16. The van der Waals surface area contributed by atoms with E-state index in [1.807, 2.05) is 13.8 Å². The predicted molar refractivity (Wildman–Crippen MR) is 51.6 cm³/mol. The molecule has 0 fully saturated rings. The molecule has 0 saturated carbocycles. The Balaban J connectivity index is 2.41. The van der Waals surface area contributed by atoms with Crippen molar-refractivity contribution in [2.45, 2.75) is 26.4 Å². The molecule has 0 bridgehead atoms. The molecule has 4 nitrogen and oxygen atoms in total. The first-order chi connectivity index (χ1) is 6.22. The van der Waals surface area contributed by atoms with E-state index < -0.39 is 0 Å². The van der Waals surface area contributed by atoms with Gasteiger partial charge in [0.05, 0.1) is 6.10 Å². The first-order valence-electron chi connectivity index (χ1n) is 4.43. The predicted octanol–water partition coefficient (Wildman–Crippen LogP) is 0.968. The number of aliphatic hydroxyl groups excluding tert-OH is 1. The minimum absolute atomic E-state index is 0.329. The van der Waals surface area contributed by atoms with Crippen molar-refractivity contribution in [1.29, 1.82) is 0 Å². The van der Waals surface area contributed by atoms with Crippen LogP contribution in [0.2, 0.25) is 0 Å². The maximum Gasteiger partial charge on any atom is 0.222 e. The summed E-state index contributed by atoms with van der Waals surface area (Å²) < 4.78 is 0. The van der Waals surface area contributed by atoms with E-state index in [4.69, 9.17) is 0 Å². The summed E-state index contributed by atoms with van der Waals surface area (Å²) in [5.41, 5.74) is 1.03. The van der Waals surface area contributed by atoms with Gasteiger partial charge in [-0.15, -0.1) is 0 Å². The van der Waals surface area contributed by atoms with E-state index >= 15 is 0 Å². The van der Waals surface area contributed by atoms with Gasteiger partial charge in [0.25, 0.3) is 0 Å². The zero-order valence-corrected chi connectivity index (χ0v) is 7.99. The summed E-state index contributed by atoms with van der Waals surface area (Å²) in [4.78, 5) is 8.10. The highest BCUT2D eigenvalue weighted by Gasteiger charge is 2.00. The molecule has 2 N–H and O–H groups in total. The summed E-state index contributed by atoms with van der Waals surface area (Å²) in [6.45, 7) is 4.37. The number of aromatic nitrogens is 2. The Morgan fingerprint density at radius 1 is 1.46 bits per heavy atom. The van der Waals surface area contributed by atoms with Crippen LogP contribution in [-0.2, 0) is 0 Å². The van der Waals surface area contributed by atoms with Crippen molar-refractivity contribution in [1.82, 2.24) is 9.97 Å². The maximum absolute atomic E-state index is 9.26. The summed E-state index contributed by atoms with van der Waals surface area (Å²) >= 11 is 0. The Morgan fingerprint density at radius 2 is 2.08 bits per heavy atom. The van der Waals surface area contributed by atoms with Crippen LogP contribution >= 0.6 is 0 Å². The molecule has 0 aliphatic rings. The number of nitrogens with zero attached hydrogens (tertiary/aromatic N) is 2. The van der Waals surface area contributed by atoms with Crippen LogP contribution in [0.1, 0.15) is 18.9 Å². The monoisotopic (exact) mass is 181 g/mol. The van der Waals surface area contributed by atoms with Crippen LogP contribution in [0.4, 0.5) is 5.95 Å². The van der Waals surface area contributed by atoms with Crippen LogP contribution in [-0.4, -0.2) is 27.7 Å². The lowest BCUT2D eigenvalue weighted by atomic mass is 10.3. The fourth-order valence-corrected chi connectivity index (χ4v) is 0.837. The molecule has 1 aromatic heterocycles. The summed E-state index contributed by atoms with van der Waals surface area (Å²) in [6.07, 6.45) is 3.89. The second-order valence-electron chi connectivity index (χ2n) is 3.03. The van der Waals surface area contributed by atoms with Gasteiger partial charge in [0.15, 0.2) is 0 Å². The largest absolute Gasteiger partial charge is 0.391 e. The normalized spacial score (nSPS) is 12.5. The fourth-order valence-electron chi connectivity index (χ4n) is 0.837. The van der Waals surface area contributed by atoms with Gasteiger partial charge >= 0.3 is 0 Å². The lowest BCUT2D eigenvalue weighted by molar-refractivity contribution is 0.183. The molecule has 1 heterocycles. The first-order valence-corrected chi connectivity index (χ1v) is 4.43. The number of hydrogen-bond donors (Lipinski definition) is 2. The second-order valence-corrected chi connectivity index (χ2v) is 3.03. The molecule has 1 aromatic rings. The maximum atomic E-state index is 9.26. The molecule has 72 valence electrons. The van der Waals surface area contributed by atoms with E-state index in [0.29, 0.717) is 12.5 Å². The van der Waals surface area contributed by atoms with E-state index in [1.54, 1.807) is 12.4 Å². The van der Waals surface area contributed by atoms with E-state index in [1.165, 1.54) is 0 Å². The minimum atomic E-state index is -0.329. The molecule has 4 heteroatoms. The van der Waals surface area contributed by atoms with Gasteiger partial charge in [0.2, 0.25) is 5.95 Å². The number of anilines is 1. The number of rotatable bonds is 4. The Kier molecular flexibility index (Phi) is 3.64. The van der Waals surface area contributed by atoms with Crippen LogP contribution < -0.4 is 5.32 Å². The van der Waals surface area contributed by atoms with Gasteiger partial charge in [-0.1, -0.05) is 6.92 Å². The third-order valence-corrected chi connectivity index (χ3v) is 1.75. The van der Waals surface area contributed by atoms with Gasteiger partial charge in [0, 0.05) is 18.9 Å². The van der Waals surface area contributed by atoms with E-state index in [-0.39, 0.29) is 6.10 Å². The second kappa shape index (κ2) is 4.77. The third kappa shape index (κ3) is 3.38. The topological polar surface area (TPSA) is 58.0 Å². The lowest BCUT2D eigenvalue weighted by Gasteiger charge is -2.08. The van der Waals surface area contributed by atoms with Crippen molar-refractivity contribution >= 4 is 5.95 Å². The minimum Gasteiger partial charge on any atom is -0.391 e. The van der Waals surface area contributed by atoms with Gasteiger partial charge in [-0.05, 0) is 18.9 Å². The molecule has 0 spiro atoms. The van der Waals surface area contributed by atoms with Crippen molar-refractivity contribution in [3.63, 3.8) is 0 Å². The number of nitrogens with one attached hydrogen (secondary N) is 1. The van der Waals surface area contributed by atoms with Gasteiger partial charge in [-0.25, -0.2) is 9.97 Å². The highest BCUT2D eigenvalue weighted by molar-refractivity contribution is 5.24. The number of hydrogen-bond acceptors (Lipinski definition) is 4. The molecule has 0 amide bonds. The summed E-state index contributed by atoms with van der Waals surface area (Å²) in [6, 6.07) is 0. The standard InChI is InChI=1S/C9H15N3O/c1-3-8(13)6-12-9-10-4-7(2)5-11-9/h4-5,8,13H,3,6H2,1-2H3,(H,10,11,12). The summed E-state index contributed by atoms with van der Waals surface area (Å²) in [5.74, 6) is 0.568. The van der Waals surface area contributed by atoms with Gasteiger partial charge in [0.1, 0.15) is 0 Å². The SMILES string of the molecule is CCC(O)CNc1ncc(C)cn1. The van der Waals surface area contributed by atoms with Crippen molar-refractivity contribution in [2.24, 2.45) is 0 Å². The molecular formula is C9H15N3O. The smallest absolute Gasteiger partial charge is 0.222 e. The van der Waals surface area contributed by atoms with Gasteiger partial charge in [-0.2, -0.15) is 0 Å². The van der Waals surface area contributed by atoms with Gasteiger partial charge in [-0.3, -0.25) is 0 Å². The highest BCUT2D eigenvalue weighted by atomic mass is 16.3. The number of aliphatic hydroxyl groups is 1. The Bertz CT molecular complexity index is 248. The van der Waals surface area contributed by atoms with Crippen LogP contribution in [0.5, 0.6) is 0 Å². The lowest BCUT2D eigenvalue weighted by Crippen LogP contribution is -2.19. The third-order valence-electron chi connectivity index (χ3n) is 1.75. The summed E-state index contributed by atoms with van der Waals surface area (Å²) in [7, 11) is 0. The van der Waals surface area contributed by atoms with Crippen LogP contribution in [0.25, 0.3) is 0 Å². The van der Waals surface area contributed by atoms with Crippen molar-refractivity contribution in [2.75, 3.05) is 11.9 Å². The van der Waals surface area contributed by atoms with Crippen LogP contribution in [0.3, 0.4) is 0 Å². The molecule has 0 aliphatic carbocycles. The average molecular weight is 181 g/mol. The van der Waals surface area contributed by atoms with Crippen molar-refractivity contribution in [3.05, 3.63) is 18.0 Å². The van der Waals surface area contributed by atoms with Crippen molar-refractivity contribution < 1.29 is 5.11 Å². The molecule has 0 saturated heterocycles. The van der Waals surface area contributed by atoms with Crippen LogP contribution in [0, 0.1) is 6.92 Å². The zero-order valence-electron chi connectivity index (χ0n) is 7.99. The van der Waals surface area contributed by atoms with E-state index in [9.17, 15) is 5.11 Å². The quantitative estimate of drug-likeness (QED) is 0.726. The molecule has 1 atom stereocenters. The molecule has 0 aliphatic heterocycles. The Labute approximate surface area is 78.0 Å². The summed E-state index contributed by atoms with van der Waals surface area (Å²) in [5, 5.41) is 12.2. The first kappa shape index (κ1) is 9.92. The highest BCUT2D eigenvalue weighted by Crippen LogP contribution is 1.99. The molecule has 0 aromatic carbocycles. The Morgan fingerprint density at radius 3 is 2.62 bits per heavy atom. The van der Waals surface area contributed by atoms with Crippen molar-refractivity contribution in [3.8, 4) is 0 Å². The molecule has 0 radical (unpaired) electrons. The molecule has 13 heavy (non-hydrogen) atoms. The van der Waals surface area contributed by atoms with E-state index in [0.717, 1.165) is 12.0 Å². The molecular weight excluding hydrogens is 166 g/mol. The van der Waals surface area contributed by atoms with Gasteiger partial charge < -0.3 is 10.4 Å². The van der Waals surface area contributed by atoms with Crippen LogP contribution in [0.15, 0.2) is 12.4 Å². The molecule has 1 unspecified atom stereocenters. The molecule has 1 rings (SSSR count). The zero-order chi connectivity index (χ0) is 9.68. The van der Waals surface area contributed by atoms with E-state index in [2.05, 4.69) is 15.3 Å².